The van der Waals surface area contributed by atoms with E-state index in [0.29, 0.717) is 18.5 Å². The fourth-order valence-corrected chi connectivity index (χ4v) is 1.81. The number of phenolic OH excluding ortho intramolecular Hbond substituents is 1. The molecular weight excluding hydrogens is 238 g/mol. The molecule has 0 atom stereocenters. The van der Waals surface area contributed by atoms with Gasteiger partial charge < -0.3 is 10.4 Å². The fraction of sp³-hybridized carbons (Fsp3) is 0.188. The number of hydrogen-bond acceptors (Lipinski definition) is 2. The molecule has 2 aromatic carbocycles. The van der Waals surface area contributed by atoms with Gasteiger partial charge in [-0.15, -0.1) is 0 Å². The molecule has 0 radical (unpaired) electrons. The number of phenols is 1. The number of anilines is 1. The molecule has 0 unspecified atom stereocenters. The molecule has 2 aromatic rings. The number of nitrogens with one attached hydrogen (secondary N) is 1. The summed E-state index contributed by atoms with van der Waals surface area (Å²) in [5.41, 5.74) is 2.56. The SMILES string of the molecule is Cc1ccc(NC(=O)CCc2ccccc2)cc1O. The zero-order valence-corrected chi connectivity index (χ0v) is 10.9. The molecule has 2 rings (SSSR count). The van der Waals surface area contributed by atoms with Crippen LogP contribution in [0.5, 0.6) is 5.75 Å². The molecule has 3 nitrogen and oxygen atoms in total. The lowest BCUT2D eigenvalue weighted by molar-refractivity contribution is -0.116. The van der Waals surface area contributed by atoms with E-state index < -0.39 is 0 Å². The summed E-state index contributed by atoms with van der Waals surface area (Å²) in [5, 5.41) is 12.4. The van der Waals surface area contributed by atoms with Crippen molar-refractivity contribution in [3.8, 4) is 5.75 Å². The Balaban J connectivity index is 1.89. The Hall–Kier alpha value is -2.29. The van der Waals surface area contributed by atoms with Gasteiger partial charge in [-0.3, -0.25) is 4.79 Å². The Morgan fingerprint density at radius 2 is 1.89 bits per heavy atom. The molecule has 0 fully saturated rings. The van der Waals surface area contributed by atoms with E-state index in [1.807, 2.05) is 37.3 Å². The Bertz CT molecular complexity index is 564. The quantitative estimate of drug-likeness (QED) is 0.880. The standard InChI is InChI=1S/C16H17NO2/c1-12-7-9-14(11-15(12)18)17-16(19)10-8-13-5-3-2-4-6-13/h2-7,9,11,18H,8,10H2,1H3,(H,17,19). The summed E-state index contributed by atoms with van der Waals surface area (Å²) in [6.45, 7) is 1.82. The maximum absolute atomic E-state index is 11.8. The van der Waals surface area contributed by atoms with E-state index in [2.05, 4.69) is 5.32 Å². The van der Waals surface area contributed by atoms with Crippen LogP contribution < -0.4 is 5.32 Å². The fourth-order valence-electron chi connectivity index (χ4n) is 1.81. The van der Waals surface area contributed by atoms with E-state index >= 15 is 0 Å². The molecule has 0 heterocycles. The number of rotatable bonds is 4. The molecule has 0 aromatic heterocycles. The van der Waals surface area contributed by atoms with Crippen molar-refractivity contribution >= 4 is 11.6 Å². The average molecular weight is 255 g/mol. The van der Waals surface area contributed by atoms with Crippen LogP contribution in [-0.4, -0.2) is 11.0 Å². The van der Waals surface area contributed by atoms with Crippen LogP contribution in [0.25, 0.3) is 0 Å². The molecule has 2 N–H and O–H groups in total. The summed E-state index contributed by atoms with van der Waals surface area (Å²) in [4.78, 5) is 11.8. The van der Waals surface area contributed by atoms with E-state index in [4.69, 9.17) is 0 Å². The van der Waals surface area contributed by atoms with Crippen LogP contribution >= 0.6 is 0 Å². The van der Waals surface area contributed by atoms with Gasteiger partial charge in [-0.25, -0.2) is 0 Å². The molecule has 0 aliphatic heterocycles. The summed E-state index contributed by atoms with van der Waals surface area (Å²) < 4.78 is 0. The van der Waals surface area contributed by atoms with E-state index in [9.17, 15) is 9.90 Å². The monoisotopic (exact) mass is 255 g/mol. The molecule has 0 spiro atoms. The van der Waals surface area contributed by atoms with Crippen LogP contribution in [0, 0.1) is 6.92 Å². The average Bonchev–Trinajstić information content (AvgIpc) is 2.42. The van der Waals surface area contributed by atoms with Crippen molar-refractivity contribution in [2.24, 2.45) is 0 Å². The lowest BCUT2D eigenvalue weighted by atomic mass is 10.1. The first-order chi connectivity index (χ1) is 9.15. The van der Waals surface area contributed by atoms with E-state index in [1.54, 1.807) is 18.2 Å². The maximum atomic E-state index is 11.8. The number of aromatic hydroxyl groups is 1. The zero-order valence-electron chi connectivity index (χ0n) is 10.9. The number of aryl methyl sites for hydroxylation is 2. The third-order valence-corrected chi connectivity index (χ3v) is 2.98. The summed E-state index contributed by atoms with van der Waals surface area (Å²) >= 11 is 0. The minimum absolute atomic E-state index is 0.0490. The number of amides is 1. The van der Waals surface area contributed by atoms with Crippen molar-refractivity contribution < 1.29 is 9.90 Å². The highest BCUT2D eigenvalue weighted by molar-refractivity contribution is 5.91. The number of hydrogen-bond donors (Lipinski definition) is 2. The molecule has 0 aliphatic rings. The van der Waals surface area contributed by atoms with Gasteiger partial charge in [-0.2, -0.15) is 0 Å². The zero-order chi connectivity index (χ0) is 13.7. The summed E-state index contributed by atoms with van der Waals surface area (Å²) in [6, 6.07) is 15.0. The molecule has 0 saturated heterocycles. The first kappa shape index (κ1) is 13.1. The summed E-state index contributed by atoms with van der Waals surface area (Å²) in [7, 11) is 0. The van der Waals surface area contributed by atoms with E-state index in [1.165, 1.54) is 0 Å². The van der Waals surface area contributed by atoms with Crippen molar-refractivity contribution in [1.29, 1.82) is 0 Å². The molecule has 0 saturated carbocycles. The van der Waals surface area contributed by atoms with Gasteiger partial charge in [0.25, 0.3) is 0 Å². The smallest absolute Gasteiger partial charge is 0.224 e. The highest BCUT2D eigenvalue weighted by Gasteiger charge is 2.04. The topological polar surface area (TPSA) is 49.3 Å². The molecule has 19 heavy (non-hydrogen) atoms. The van der Waals surface area contributed by atoms with Crippen molar-refractivity contribution in [1.82, 2.24) is 0 Å². The Labute approximate surface area is 112 Å². The van der Waals surface area contributed by atoms with Gasteiger partial charge in [0.15, 0.2) is 0 Å². The van der Waals surface area contributed by atoms with Crippen LogP contribution in [0.2, 0.25) is 0 Å². The predicted molar refractivity (Wildman–Crippen MR) is 76.2 cm³/mol. The predicted octanol–water partition coefficient (Wildman–Crippen LogP) is 3.27. The van der Waals surface area contributed by atoms with Crippen molar-refractivity contribution in [3.05, 3.63) is 59.7 Å². The van der Waals surface area contributed by atoms with Crippen molar-refractivity contribution in [2.75, 3.05) is 5.32 Å². The first-order valence-electron chi connectivity index (χ1n) is 6.28. The van der Waals surface area contributed by atoms with Gasteiger partial charge in [0.2, 0.25) is 5.91 Å². The minimum Gasteiger partial charge on any atom is -0.508 e. The van der Waals surface area contributed by atoms with Gasteiger partial charge in [-0.05, 0) is 30.5 Å². The second-order valence-electron chi connectivity index (χ2n) is 4.54. The van der Waals surface area contributed by atoms with Crippen molar-refractivity contribution in [3.63, 3.8) is 0 Å². The Kier molecular flexibility index (Phi) is 4.18. The Morgan fingerprint density at radius 3 is 2.58 bits per heavy atom. The van der Waals surface area contributed by atoms with Crippen molar-refractivity contribution in [2.45, 2.75) is 19.8 Å². The molecule has 0 bridgehead atoms. The van der Waals surface area contributed by atoms with Crippen LogP contribution in [0.1, 0.15) is 17.5 Å². The maximum Gasteiger partial charge on any atom is 0.224 e. The lowest BCUT2D eigenvalue weighted by Crippen LogP contribution is -2.12. The lowest BCUT2D eigenvalue weighted by Gasteiger charge is -2.07. The van der Waals surface area contributed by atoms with Gasteiger partial charge in [0.05, 0.1) is 0 Å². The van der Waals surface area contributed by atoms with Gasteiger partial charge >= 0.3 is 0 Å². The van der Waals surface area contributed by atoms with Crippen LogP contribution in [0.15, 0.2) is 48.5 Å². The third kappa shape index (κ3) is 3.85. The van der Waals surface area contributed by atoms with Crippen LogP contribution in [0.3, 0.4) is 0 Å². The first-order valence-corrected chi connectivity index (χ1v) is 6.28. The molecule has 0 aliphatic carbocycles. The summed E-state index contributed by atoms with van der Waals surface area (Å²) in [6.07, 6.45) is 1.14. The Morgan fingerprint density at radius 1 is 1.16 bits per heavy atom. The largest absolute Gasteiger partial charge is 0.508 e. The molecule has 1 amide bonds. The van der Waals surface area contributed by atoms with E-state index in [0.717, 1.165) is 11.1 Å². The number of carbonyl (C=O) groups is 1. The summed E-state index contributed by atoms with van der Waals surface area (Å²) in [5.74, 6) is 0.146. The van der Waals surface area contributed by atoms with Crippen LogP contribution in [-0.2, 0) is 11.2 Å². The second-order valence-corrected chi connectivity index (χ2v) is 4.54. The molecule has 3 heteroatoms. The number of carbonyl (C=O) groups excluding carboxylic acids is 1. The third-order valence-electron chi connectivity index (χ3n) is 2.98. The molecule has 98 valence electrons. The van der Waals surface area contributed by atoms with E-state index in [-0.39, 0.29) is 11.7 Å². The van der Waals surface area contributed by atoms with Gasteiger partial charge in [-0.1, -0.05) is 36.4 Å². The van der Waals surface area contributed by atoms with Gasteiger partial charge in [0, 0.05) is 18.2 Å². The minimum atomic E-state index is -0.0490. The second kappa shape index (κ2) is 6.05. The normalized spacial score (nSPS) is 10.2. The number of benzene rings is 2. The molecular formula is C16H17NO2. The highest BCUT2D eigenvalue weighted by Crippen LogP contribution is 2.20. The van der Waals surface area contributed by atoms with Gasteiger partial charge in [0.1, 0.15) is 5.75 Å². The van der Waals surface area contributed by atoms with Crippen LogP contribution in [0.4, 0.5) is 5.69 Å². The highest BCUT2D eigenvalue weighted by atomic mass is 16.3.